The summed E-state index contributed by atoms with van der Waals surface area (Å²) in [6.07, 6.45) is 6.48. The van der Waals surface area contributed by atoms with Crippen molar-refractivity contribution in [3.63, 3.8) is 0 Å². The maximum Gasteiger partial charge on any atom is 0.119 e. The van der Waals surface area contributed by atoms with Crippen LogP contribution in [0.2, 0.25) is 0 Å². The lowest BCUT2D eigenvalue weighted by Gasteiger charge is -2.16. The van der Waals surface area contributed by atoms with Crippen LogP contribution in [0.5, 0.6) is 5.75 Å². The van der Waals surface area contributed by atoms with Crippen LogP contribution in [0, 0.1) is 5.92 Å². The molecule has 18 heavy (non-hydrogen) atoms. The molecule has 1 fully saturated rings. The third-order valence-electron chi connectivity index (χ3n) is 3.64. The molecule has 2 heteroatoms. The first kappa shape index (κ1) is 13.4. The molecule has 100 valence electrons. The Labute approximate surface area is 111 Å². The highest BCUT2D eigenvalue weighted by Crippen LogP contribution is 2.26. The predicted octanol–water partition coefficient (Wildman–Crippen LogP) is 4.05. The van der Waals surface area contributed by atoms with Gasteiger partial charge in [0, 0.05) is 6.04 Å². The number of hydrogen-bond acceptors (Lipinski definition) is 2. The minimum atomic E-state index is 0.144. The van der Waals surface area contributed by atoms with Gasteiger partial charge in [-0.05, 0) is 55.7 Å². The molecule has 0 aromatic heterocycles. The van der Waals surface area contributed by atoms with Gasteiger partial charge in [-0.2, -0.15) is 0 Å². The lowest BCUT2D eigenvalue weighted by atomic mass is 9.98. The van der Waals surface area contributed by atoms with Crippen LogP contribution in [0.3, 0.4) is 0 Å². The number of benzene rings is 1. The zero-order valence-electron chi connectivity index (χ0n) is 11.6. The van der Waals surface area contributed by atoms with E-state index in [1.165, 1.54) is 31.2 Å². The van der Waals surface area contributed by atoms with Crippen LogP contribution < -0.4 is 10.5 Å². The van der Waals surface area contributed by atoms with Crippen molar-refractivity contribution in [1.82, 2.24) is 0 Å². The summed E-state index contributed by atoms with van der Waals surface area (Å²) in [5, 5.41) is 0. The highest BCUT2D eigenvalue weighted by Gasteiger charge is 2.16. The van der Waals surface area contributed by atoms with Crippen molar-refractivity contribution in [2.75, 3.05) is 0 Å². The van der Waals surface area contributed by atoms with E-state index in [0.717, 1.165) is 12.2 Å². The zero-order chi connectivity index (χ0) is 13.0. The van der Waals surface area contributed by atoms with Gasteiger partial charge in [0.05, 0.1) is 6.10 Å². The number of hydrogen-bond donors (Lipinski definition) is 1. The molecule has 0 aliphatic heterocycles. The molecule has 1 saturated carbocycles. The smallest absolute Gasteiger partial charge is 0.119 e. The van der Waals surface area contributed by atoms with Crippen LogP contribution in [0.4, 0.5) is 0 Å². The van der Waals surface area contributed by atoms with E-state index in [1.54, 1.807) is 0 Å². The van der Waals surface area contributed by atoms with Crippen molar-refractivity contribution in [2.45, 2.75) is 58.1 Å². The molecule has 1 aromatic rings. The standard InChI is InChI=1S/C16H25NO/c1-12(2)11-16(17)13-7-9-15(10-8-13)18-14-5-3-4-6-14/h7-10,12,14,16H,3-6,11,17H2,1-2H3. The van der Waals surface area contributed by atoms with Gasteiger partial charge < -0.3 is 10.5 Å². The van der Waals surface area contributed by atoms with E-state index in [-0.39, 0.29) is 6.04 Å². The lowest BCUT2D eigenvalue weighted by Crippen LogP contribution is -2.13. The summed E-state index contributed by atoms with van der Waals surface area (Å²) in [4.78, 5) is 0. The van der Waals surface area contributed by atoms with Gasteiger partial charge in [-0.1, -0.05) is 26.0 Å². The molecule has 1 unspecified atom stereocenters. The highest BCUT2D eigenvalue weighted by molar-refractivity contribution is 5.29. The molecule has 1 aromatic carbocycles. The quantitative estimate of drug-likeness (QED) is 0.851. The molecule has 1 aliphatic carbocycles. The van der Waals surface area contributed by atoms with Gasteiger partial charge in [-0.15, -0.1) is 0 Å². The van der Waals surface area contributed by atoms with Gasteiger partial charge in [-0.25, -0.2) is 0 Å². The van der Waals surface area contributed by atoms with E-state index in [2.05, 4.69) is 38.1 Å². The van der Waals surface area contributed by atoms with Crippen LogP contribution in [0.1, 0.15) is 57.6 Å². The van der Waals surface area contributed by atoms with Crippen molar-refractivity contribution < 1.29 is 4.74 Å². The summed E-state index contributed by atoms with van der Waals surface area (Å²) in [6, 6.07) is 8.49. The fraction of sp³-hybridized carbons (Fsp3) is 0.625. The van der Waals surface area contributed by atoms with Gasteiger partial charge in [-0.3, -0.25) is 0 Å². The second kappa shape index (κ2) is 6.24. The largest absolute Gasteiger partial charge is 0.490 e. The Bertz CT molecular complexity index is 352. The van der Waals surface area contributed by atoms with Crippen LogP contribution in [-0.4, -0.2) is 6.10 Å². The fourth-order valence-corrected chi connectivity index (χ4v) is 2.64. The predicted molar refractivity (Wildman–Crippen MR) is 75.7 cm³/mol. The molecular weight excluding hydrogens is 222 g/mol. The van der Waals surface area contributed by atoms with Gasteiger partial charge in [0.2, 0.25) is 0 Å². The highest BCUT2D eigenvalue weighted by atomic mass is 16.5. The van der Waals surface area contributed by atoms with Gasteiger partial charge in [0.25, 0.3) is 0 Å². The Morgan fingerprint density at radius 3 is 2.33 bits per heavy atom. The number of rotatable bonds is 5. The molecular formula is C16H25NO. The van der Waals surface area contributed by atoms with Crippen LogP contribution >= 0.6 is 0 Å². The molecule has 0 amide bonds. The minimum Gasteiger partial charge on any atom is -0.490 e. The Morgan fingerprint density at radius 2 is 1.78 bits per heavy atom. The van der Waals surface area contributed by atoms with Crippen LogP contribution in [0.25, 0.3) is 0 Å². The maximum atomic E-state index is 6.17. The third-order valence-corrected chi connectivity index (χ3v) is 3.64. The van der Waals surface area contributed by atoms with Crippen molar-refractivity contribution in [2.24, 2.45) is 11.7 Å². The van der Waals surface area contributed by atoms with E-state index >= 15 is 0 Å². The molecule has 2 rings (SSSR count). The van der Waals surface area contributed by atoms with Gasteiger partial charge >= 0.3 is 0 Å². The molecule has 0 radical (unpaired) electrons. The maximum absolute atomic E-state index is 6.17. The van der Waals surface area contributed by atoms with E-state index in [4.69, 9.17) is 10.5 Å². The summed E-state index contributed by atoms with van der Waals surface area (Å²) in [5.41, 5.74) is 7.38. The lowest BCUT2D eigenvalue weighted by molar-refractivity contribution is 0.210. The zero-order valence-corrected chi connectivity index (χ0v) is 11.6. The summed E-state index contributed by atoms with van der Waals surface area (Å²) in [6.45, 7) is 4.41. The van der Waals surface area contributed by atoms with E-state index in [9.17, 15) is 0 Å². The average Bonchev–Trinajstić information content (AvgIpc) is 2.82. The summed E-state index contributed by atoms with van der Waals surface area (Å²) in [5.74, 6) is 1.62. The minimum absolute atomic E-state index is 0.144. The number of nitrogens with two attached hydrogens (primary N) is 1. The van der Waals surface area contributed by atoms with Crippen LogP contribution in [-0.2, 0) is 0 Å². The molecule has 0 heterocycles. The summed E-state index contributed by atoms with van der Waals surface area (Å²) < 4.78 is 5.95. The Morgan fingerprint density at radius 1 is 1.17 bits per heavy atom. The van der Waals surface area contributed by atoms with Crippen LogP contribution in [0.15, 0.2) is 24.3 Å². The van der Waals surface area contributed by atoms with Crippen molar-refractivity contribution in [3.05, 3.63) is 29.8 Å². The Balaban J connectivity index is 1.92. The molecule has 0 bridgehead atoms. The molecule has 2 N–H and O–H groups in total. The first-order chi connectivity index (χ1) is 8.65. The first-order valence-electron chi connectivity index (χ1n) is 7.17. The van der Waals surface area contributed by atoms with E-state index < -0.39 is 0 Å². The topological polar surface area (TPSA) is 35.2 Å². The Hall–Kier alpha value is -1.02. The third kappa shape index (κ3) is 3.74. The molecule has 0 saturated heterocycles. The summed E-state index contributed by atoms with van der Waals surface area (Å²) in [7, 11) is 0. The van der Waals surface area contributed by atoms with Crippen molar-refractivity contribution >= 4 is 0 Å². The molecule has 1 aliphatic rings. The Kier molecular flexibility index (Phi) is 4.65. The SMILES string of the molecule is CC(C)CC(N)c1ccc(OC2CCCC2)cc1. The fourth-order valence-electron chi connectivity index (χ4n) is 2.64. The van der Waals surface area contributed by atoms with Gasteiger partial charge in [0.1, 0.15) is 5.75 Å². The normalized spacial score (nSPS) is 18.2. The van der Waals surface area contributed by atoms with Crippen molar-refractivity contribution in [3.8, 4) is 5.75 Å². The number of ether oxygens (including phenoxy) is 1. The first-order valence-corrected chi connectivity index (χ1v) is 7.17. The monoisotopic (exact) mass is 247 g/mol. The van der Waals surface area contributed by atoms with E-state index in [1.807, 2.05) is 0 Å². The van der Waals surface area contributed by atoms with Gasteiger partial charge in [0.15, 0.2) is 0 Å². The second-order valence-corrected chi connectivity index (χ2v) is 5.83. The summed E-state index contributed by atoms with van der Waals surface area (Å²) >= 11 is 0. The van der Waals surface area contributed by atoms with Crippen molar-refractivity contribution in [1.29, 1.82) is 0 Å². The average molecular weight is 247 g/mol. The molecule has 1 atom stereocenters. The van der Waals surface area contributed by atoms with E-state index in [0.29, 0.717) is 12.0 Å². The molecule has 2 nitrogen and oxygen atoms in total. The molecule has 0 spiro atoms. The second-order valence-electron chi connectivity index (χ2n) is 5.83.